The lowest BCUT2D eigenvalue weighted by atomic mass is 10.0. The topological polar surface area (TPSA) is 46.0 Å². The molecule has 160 valence electrons. The summed E-state index contributed by atoms with van der Waals surface area (Å²) in [6.45, 7) is 1.75. The van der Waals surface area contributed by atoms with Crippen LogP contribution in [0.5, 0.6) is 0 Å². The maximum absolute atomic E-state index is 14.0. The van der Waals surface area contributed by atoms with Crippen molar-refractivity contribution in [3.63, 3.8) is 0 Å². The molecule has 0 radical (unpaired) electrons. The van der Waals surface area contributed by atoms with Crippen LogP contribution in [0.2, 0.25) is 5.02 Å². The van der Waals surface area contributed by atoms with E-state index >= 15 is 0 Å². The zero-order chi connectivity index (χ0) is 22.2. The summed E-state index contributed by atoms with van der Waals surface area (Å²) < 4.78 is 16.0. The first-order valence-corrected chi connectivity index (χ1v) is 10.9. The first kappa shape index (κ1) is 20.6. The minimum Gasteiger partial charge on any atom is -0.351 e. The number of hydrogen-bond donors (Lipinski definition) is 1. The van der Waals surface area contributed by atoms with Crippen LogP contribution in [0.1, 0.15) is 29.0 Å². The number of nitrogens with one attached hydrogen (secondary N) is 1. The van der Waals surface area contributed by atoms with E-state index in [4.69, 9.17) is 23.8 Å². The SMILES string of the molecule is Cc1cc(N2C(=S)N[C@H](c3ccccn3)[C@H]2c2cccn2-c2ccc(Cl)cn2)ccc1F. The highest BCUT2D eigenvalue weighted by molar-refractivity contribution is 7.80. The van der Waals surface area contributed by atoms with Gasteiger partial charge < -0.3 is 14.8 Å². The maximum Gasteiger partial charge on any atom is 0.174 e. The van der Waals surface area contributed by atoms with Crippen LogP contribution in [0.3, 0.4) is 0 Å². The quantitative estimate of drug-likeness (QED) is 0.402. The molecule has 1 saturated heterocycles. The molecule has 1 aliphatic rings. The van der Waals surface area contributed by atoms with Gasteiger partial charge in [0.05, 0.1) is 16.8 Å². The van der Waals surface area contributed by atoms with E-state index in [9.17, 15) is 4.39 Å². The number of anilines is 1. The molecule has 32 heavy (non-hydrogen) atoms. The third-order valence-electron chi connectivity index (χ3n) is 5.56. The highest BCUT2D eigenvalue weighted by Gasteiger charge is 2.42. The van der Waals surface area contributed by atoms with Crippen molar-refractivity contribution < 1.29 is 4.39 Å². The number of nitrogens with zero attached hydrogens (tertiary/aromatic N) is 4. The molecule has 0 amide bonds. The molecule has 1 fully saturated rings. The molecule has 1 N–H and O–H groups in total. The van der Waals surface area contributed by atoms with Gasteiger partial charge in [-0.15, -0.1) is 0 Å². The molecular weight excluding hydrogens is 445 g/mol. The third-order valence-corrected chi connectivity index (χ3v) is 6.10. The van der Waals surface area contributed by atoms with Crippen LogP contribution >= 0.6 is 23.8 Å². The molecule has 0 aliphatic carbocycles. The van der Waals surface area contributed by atoms with E-state index in [-0.39, 0.29) is 17.9 Å². The lowest BCUT2D eigenvalue weighted by Gasteiger charge is -2.29. The molecule has 5 nitrogen and oxygen atoms in total. The molecule has 3 aromatic heterocycles. The average Bonchev–Trinajstić information content (AvgIpc) is 3.41. The van der Waals surface area contributed by atoms with Gasteiger partial charge in [-0.05, 0) is 79.3 Å². The lowest BCUT2D eigenvalue weighted by Crippen LogP contribution is -2.30. The normalized spacial score (nSPS) is 18.1. The Kier molecular flexibility index (Phi) is 5.36. The van der Waals surface area contributed by atoms with Crippen molar-refractivity contribution in [1.82, 2.24) is 19.9 Å². The van der Waals surface area contributed by atoms with E-state index in [1.54, 1.807) is 25.4 Å². The summed E-state index contributed by atoms with van der Waals surface area (Å²) in [5, 5.41) is 4.55. The number of thiocarbonyl (C=S) groups is 1. The van der Waals surface area contributed by atoms with Crippen molar-refractivity contribution in [3.05, 3.63) is 107 Å². The van der Waals surface area contributed by atoms with Gasteiger partial charge in [0.1, 0.15) is 17.7 Å². The molecular formula is C24H19ClFN5S. The molecule has 0 saturated carbocycles. The van der Waals surface area contributed by atoms with Crippen LogP contribution in [0.4, 0.5) is 10.1 Å². The first-order valence-electron chi connectivity index (χ1n) is 10.1. The number of aromatic nitrogens is 3. The summed E-state index contributed by atoms with van der Waals surface area (Å²) in [7, 11) is 0. The molecule has 1 aromatic carbocycles. The summed E-state index contributed by atoms with van der Waals surface area (Å²) in [6, 6.07) is 18.1. The van der Waals surface area contributed by atoms with E-state index in [1.165, 1.54) is 6.07 Å². The van der Waals surface area contributed by atoms with Gasteiger partial charge >= 0.3 is 0 Å². The predicted octanol–water partition coefficient (Wildman–Crippen LogP) is 5.55. The second kappa shape index (κ2) is 8.33. The average molecular weight is 464 g/mol. The fourth-order valence-corrected chi connectivity index (χ4v) is 4.52. The van der Waals surface area contributed by atoms with Crippen LogP contribution in [0.15, 0.2) is 79.3 Å². The summed E-state index contributed by atoms with van der Waals surface area (Å²) in [5.74, 6) is 0.487. The Morgan fingerprint density at radius 1 is 1.06 bits per heavy atom. The molecule has 0 unspecified atom stereocenters. The predicted molar refractivity (Wildman–Crippen MR) is 128 cm³/mol. The highest BCUT2D eigenvalue weighted by atomic mass is 35.5. The van der Waals surface area contributed by atoms with Crippen LogP contribution in [-0.4, -0.2) is 19.6 Å². The van der Waals surface area contributed by atoms with Crippen molar-refractivity contribution in [2.75, 3.05) is 4.90 Å². The van der Waals surface area contributed by atoms with Crippen LogP contribution in [0, 0.1) is 12.7 Å². The summed E-state index contributed by atoms with van der Waals surface area (Å²) in [4.78, 5) is 11.1. The zero-order valence-corrected chi connectivity index (χ0v) is 18.7. The van der Waals surface area contributed by atoms with Gasteiger partial charge in [-0.1, -0.05) is 17.7 Å². The van der Waals surface area contributed by atoms with E-state index in [0.29, 0.717) is 15.7 Å². The minimum absolute atomic E-state index is 0.213. The smallest absolute Gasteiger partial charge is 0.174 e. The monoisotopic (exact) mass is 463 g/mol. The highest BCUT2D eigenvalue weighted by Crippen LogP contribution is 2.42. The van der Waals surface area contributed by atoms with Crippen molar-refractivity contribution in [2.24, 2.45) is 0 Å². The van der Waals surface area contributed by atoms with Gasteiger partial charge in [0.25, 0.3) is 0 Å². The Morgan fingerprint density at radius 3 is 2.66 bits per heavy atom. The van der Waals surface area contributed by atoms with Gasteiger partial charge in [-0.3, -0.25) is 4.98 Å². The molecule has 5 rings (SSSR count). The van der Waals surface area contributed by atoms with Crippen LogP contribution in [-0.2, 0) is 0 Å². The van der Waals surface area contributed by atoms with Gasteiger partial charge in [0.15, 0.2) is 5.11 Å². The van der Waals surface area contributed by atoms with E-state index in [0.717, 1.165) is 22.9 Å². The zero-order valence-electron chi connectivity index (χ0n) is 17.1. The second-order valence-corrected chi connectivity index (χ2v) is 8.39. The van der Waals surface area contributed by atoms with Crippen molar-refractivity contribution in [3.8, 4) is 5.82 Å². The summed E-state index contributed by atoms with van der Waals surface area (Å²) >= 11 is 11.8. The fraction of sp³-hybridized carbons (Fsp3) is 0.125. The Balaban J connectivity index is 1.67. The number of rotatable bonds is 4. The Labute approximate surface area is 195 Å². The second-order valence-electron chi connectivity index (χ2n) is 7.57. The van der Waals surface area contributed by atoms with Gasteiger partial charge in [0.2, 0.25) is 0 Å². The lowest BCUT2D eigenvalue weighted by molar-refractivity contribution is 0.548. The largest absolute Gasteiger partial charge is 0.351 e. The molecule has 2 atom stereocenters. The number of hydrogen-bond acceptors (Lipinski definition) is 3. The first-order chi connectivity index (χ1) is 15.5. The van der Waals surface area contributed by atoms with Gasteiger partial charge in [0, 0.05) is 30.0 Å². The van der Waals surface area contributed by atoms with E-state index in [1.807, 2.05) is 64.2 Å². The standard InChI is InChI=1S/C24H19ClFN5S/c1-15-13-17(8-9-18(15)26)31-23(22(29-24(31)32)19-5-2-3-11-27-19)20-6-4-12-30(20)21-10-7-16(25)14-28-21/h2-14,22-23H,1H3,(H,29,32)/t22-,23-/m1/s1. The molecule has 4 heterocycles. The number of aryl methyl sites for hydroxylation is 1. The number of halogens is 2. The minimum atomic E-state index is -0.251. The Morgan fingerprint density at radius 2 is 1.94 bits per heavy atom. The van der Waals surface area contributed by atoms with Crippen molar-refractivity contribution in [2.45, 2.75) is 19.0 Å². The van der Waals surface area contributed by atoms with Gasteiger partial charge in [-0.2, -0.15) is 0 Å². The molecule has 8 heteroatoms. The summed E-state index contributed by atoms with van der Waals surface area (Å²) in [5.41, 5.74) is 3.18. The number of pyridine rings is 2. The fourth-order valence-electron chi connectivity index (χ4n) is 4.07. The van der Waals surface area contributed by atoms with E-state index in [2.05, 4.69) is 15.3 Å². The Bertz CT molecular complexity index is 1280. The third kappa shape index (κ3) is 3.63. The van der Waals surface area contributed by atoms with Crippen LogP contribution in [0.25, 0.3) is 5.82 Å². The molecule has 0 spiro atoms. The molecule has 1 aliphatic heterocycles. The number of benzene rings is 1. The van der Waals surface area contributed by atoms with Gasteiger partial charge in [-0.25, -0.2) is 9.37 Å². The molecule has 4 aromatic rings. The van der Waals surface area contributed by atoms with E-state index < -0.39 is 0 Å². The van der Waals surface area contributed by atoms with Crippen LogP contribution < -0.4 is 10.2 Å². The van der Waals surface area contributed by atoms with Crippen molar-refractivity contribution in [1.29, 1.82) is 0 Å². The van der Waals surface area contributed by atoms with Crippen molar-refractivity contribution >= 4 is 34.6 Å². The Hall–Kier alpha value is -3.29. The maximum atomic E-state index is 14.0. The molecule has 0 bridgehead atoms. The summed E-state index contributed by atoms with van der Waals surface area (Å²) in [6.07, 6.45) is 5.34.